The third-order valence-electron chi connectivity index (χ3n) is 2.82. The molecule has 90 valence electrons. The Hall–Kier alpha value is -0.900. The largest absolute Gasteiger partial charge is 0.380 e. The van der Waals surface area contributed by atoms with Gasteiger partial charge < -0.3 is 15.8 Å². The van der Waals surface area contributed by atoms with Gasteiger partial charge in [-0.25, -0.2) is 0 Å². The summed E-state index contributed by atoms with van der Waals surface area (Å²) in [5.74, 6) is 0. The summed E-state index contributed by atoms with van der Waals surface area (Å²) >= 11 is 0. The van der Waals surface area contributed by atoms with Gasteiger partial charge in [-0.05, 0) is 12.0 Å². The quantitative estimate of drug-likeness (QED) is 0.735. The highest BCUT2D eigenvalue weighted by atomic mass is 16.5. The normalized spacial score (nSPS) is 14.7. The zero-order valence-electron chi connectivity index (χ0n) is 10.1. The molecule has 0 fully saturated rings. The summed E-state index contributed by atoms with van der Waals surface area (Å²) in [6.07, 6.45) is 1.16. The fourth-order valence-corrected chi connectivity index (χ4v) is 1.83. The van der Waals surface area contributed by atoms with Crippen molar-refractivity contribution in [2.45, 2.75) is 32.0 Å². The monoisotopic (exact) mass is 222 g/mol. The van der Waals surface area contributed by atoms with Crippen LogP contribution >= 0.6 is 0 Å². The first-order valence-electron chi connectivity index (χ1n) is 5.82. The van der Waals surface area contributed by atoms with Crippen LogP contribution in [0.5, 0.6) is 0 Å². The van der Waals surface area contributed by atoms with Crippen molar-refractivity contribution < 1.29 is 4.74 Å². The fourth-order valence-electron chi connectivity index (χ4n) is 1.83. The highest BCUT2D eigenvalue weighted by Gasteiger charge is 2.16. The van der Waals surface area contributed by atoms with Crippen LogP contribution in [0.3, 0.4) is 0 Å². The zero-order chi connectivity index (χ0) is 11.8. The van der Waals surface area contributed by atoms with Crippen LogP contribution in [0.15, 0.2) is 30.3 Å². The molecule has 3 N–H and O–H groups in total. The molecule has 16 heavy (non-hydrogen) atoms. The number of methoxy groups -OCH3 is 1. The Balaban J connectivity index is 2.45. The number of hydrogen-bond donors (Lipinski definition) is 2. The van der Waals surface area contributed by atoms with Crippen LogP contribution in [0.2, 0.25) is 0 Å². The van der Waals surface area contributed by atoms with Crippen LogP contribution in [0.25, 0.3) is 0 Å². The molecule has 0 aliphatic rings. The summed E-state index contributed by atoms with van der Waals surface area (Å²) in [5, 5.41) is 3.44. The molecule has 0 amide bonds. The van der Waals surface area contributed by atoms with Gasteiger partial charge in [0.15, 0.2) is 0 Å². The van der Waals surface area contributed by atoms with Gasteiger partial charge in [-0.2, -0.15) is 0 Å². The number of hydrogen-bond acceptors (Lipinski definition) is 3. The van der Waals surface area contributed by atoms with Gasteiger partial charge in [0.1, 0.15) is 0 Å². The van der Waals surface area contributed by atoms with Gasteiger partial charge in [-0.15, -0.1) is 0 Å². The average Bonchev–Trinajstić information content (AvgIpc) is 2.35. The molecule has 0 aliphatic heterocycles. The number of ether oxygens (including phenoxy) is 1. The predicted octanol–water partition coefficient (Wildman–Crippen LogP) is 1.53. The van der Waals surface area contributed by atoms with Crippen LogP contribution in [-0.4, -0.2) is 25.8 Å². The SMILES string of the molecule is CCC(OC)C(CN)NCc1ccccc1. The van der Waals surface area contributed by atoms with E-state index in [-0.39, 0.29) is 12.1 Å². The van der Waals surface area contributed by atoms with Crippen molar-refractivity contribution in [2.75, 3.05) is 13.7 Å². The van der Waals surface area contributed by atoms with Gasteiger partial charge in [-0.1, -0.05) is 37.3 Å². The van der Waals surface area contributed by atoms with Gasteiger partial charge in [0.2, 0.25) is 0 Å². The molecular formula is C13H22N2O. The molecule has 1 rings (SSSR count). The van der Waals surface area contributed by atoms with Gasteiger partial charge in [0, 0.05) is 26.2 Å². The molecule has 0 spiro atoms. The van der Waals surface area contributed by atoms with E-state index in [4.69, 9.17) is 10.5 Å². The summed E-state index contributed by atoms with van der Waals surface area (Å²) in [5.41, 5.74) is 7.02. The van der Waals surface area contributed by atoms with Crippen LogP contribution in [0.4, 0.5) is 0 Å². The second-order valence-electron chi connectivity index (χ2n) is 3.89. The lowest BCUT2D eigenvalue weighted by molar-refractivity contribution is 0.0672. The third-order valence-corrected chi connectivity index (χ3v) is 2.82. The number of rotatable bonds is 7. The Kier molecular flexibility index (Phi) is 6.08. The highest BCUT2D eigenvalue weighted by molar-refractivity contribution is 5.14. The molecule has 1 aromatic carbocycles. The van der Waals surface area contributed by atoms with Gasteiger partial charge in [-0.3, -0.25) is 0 Å². The predicted molar refractivity (Wildman–Crippen MR) is 67.2 cm³/mol. The minimum atomic E-state index is 0.189. The van der Waals surface area contributed by atoms with Crippen LogP contribution in [-0.2, 0) is 11.3 Å². The molecule has 0 radical (unpaired) electrons. The smallest absolute Gasteiger partial charge is 0.0734 e. The zero-order valence-corrected chi connectivity index (χ0v) is 10.1. The standard InChI is InChI=1S/C13H22N2O/c1-3-13(16-2)12(9-14)15-10-11-7-5-4-6-8-11/h4-8,12-13,15H,3,9-10,14H2,1-2H3. The maximum Gasteiger partial charge on any atom is 0.0734 e. The molecule has 0 aliphatic carbocycles. The lowest BCUT2D eigenvalue weighted by Crippen LogP contribution is -2.45. The Morgan fingerprint density at radius 2 is 2.00 bits per heavy atom. The third kappa shape index (κ3) is 3.93. The van der Waals surface area contributed by atoms with E-state index in [9.17, 15) is 0 Å². The maximum absolute atomic E-state index is 5.75. The van der Waals surface area contributed by atoms with Gasteiger partial charge in [0.25, 0.3) is 0 Å². The average molecular weight is 222 g/mol. The first-order valence-corrected chi connectivity index (χ1v) is 5.82. The molecular weight excluding hydrogens is 200 g/mol. The topological polar surface area (TPSA) is 47.3 Å². The molecule has 2 unspecified atom stereocenters. The molecule has 0 bridgehead atoms. The van der Waals surface area contributed by atoms with E-state index in [1.165, 1.54) is 5.56 Å². The van der Waals surface area contributed by atoms with Crippen molar-refractivity contribution in [1.29, 1.82) is 0 Å². The maximum atomic E-state index is 5.75. The van der Waals surface area contributed by atoms with Crippen molar-refractivity contribution in [3.8, 4) is 0 Å². The first-order chi connectivity index (χ1) is 7.81. The minimum Gasteiger partial charge on any atom is -0.380 e. The minimum absolute atomic E-state index is 0.189. The summed E-state index contributed by atoms with van der Waals surface area (Å²) < 4.78 is 5.40. The first kappa shape index (κ1) is 13.2. The van der Waals surface area contributed by atoms with Crippen LogP contribution in [0.1, 0.15) is 18.9 Å². The van der Waals surface area contributed by atoms with Crippen molar-refractivity contribution in [1.82, 2.24) is 5.32 Å². The number of nitrogens with one attached hydrogen (secondary N) is 1. The molecule has 3 heteroatoms. The van der Waals surface area contributed by atoms with Crippen molar-refractivity contribution in [3.63, 3.8) is 0 Å². The Morgan fingerprint density at radius 3 is 2.50 bits per heavy atom. The number of benzene rings is 1. The number of nitrogens with two attached hydrogens (primary N) is 1. The Labute approximate surface area is 98.0 Å². The lowest BCUT2D eigenvalue weighted by atomic mass is 10.1. The van der Waals surface area contributed by atoms with Crippen molar-refractivity contribution in [2.24, 2.45) is 5.73 Å². The van der Waals surface area contributed by atoms with Crippen LogP contribution < -0.4 is 11.1 Å². The Bertz CT molecular complexity index is 273. The van der Waals surface area contributed by atoms with Crippen LogP contribution in [0, 0.1) is 0 Å². The molecule has 1 aromatic rings. The molecule has 0 aromatic heterocycles. The van der Waals surface area contributed by atoms with Crippen molar-refractivity contribution >= 4 is 0 Å². The second kappa shape index (κ2) is 7.39. The fraction of sp³-hybridized carbons (Fsp3) is 0.538. The second-order valence-corrected chi connectivity index (χ2v) is 3.89. The molecule has 0 heterocycles. The van der Waals surface area contributed by atoms with Gasteiger partial charge >= 0.3 is 0 Å². The summed E-state index contributed by atoms with van der Waals surface area (Å²) in [6, 6.07) is 10.5. The molecule has 0 saturated carbocycles. The summed E-state index contributed by atoms with van der Waals surface area (Å²) in [7, 11) is 1.74. The van der Waals surface area contributed by atoms with E-state index >= 15 is 0 Å². The highest BCUT2D eigenvalue weighted by Crippen LogP contribution is 2.04. The Morgan fingerprint density at radius 1 is 1.31 bits per heavy atom. The van der Waals surface area contributed by atoms with Crippen molar-refractivity contribution in [3.05, 3.63) is 35.9 Å². The van der Waals surface area contributed by atoms with E-state index in [2.05, 4.69) is 24.4 Å². The molecule has 3 nitrogen and oxygen atoms in total. The molecule has 0 saturated heterocycles. The van der Waals surface area contributed by atoms with E-state index in [1.807, 2.05) is 18.2 Å². The summed E-state index contributed by atoms with van der Waals surface area (Å²) in [4.78, 5) is 0. The van der Waals surface area contributed by atoms with E-state index in [0.717, 1.165) is 13.0 Å². The van der Waals surface area contributed by atoms with E-state index < -0.39 is 0 Å². The van der Waals surface area contributed by atoms with E-state index in [1.54, 1.807) is 7.11 Å². The summed E-state index contributed by atoms with van der Waals surface area (Å²) in [6.45, 7) is 3.54. The lowest BCUT2D eigenvalue weighted by Gasteiger charge is -2.25. The van der Waals surface area contributed by atoms with E-state index in [0.29, 0.717) is 6.54 Å². The molecule has 2 atom stereocenters. The van der Waals surface area contributed by atoms with Gasteiger partial charge in [0.05, 0.1) is 6.10 Å².